The Morgan fingerprint density at radius 1 is 1.50 bits per heavy atom. The molecule has 0 unspecified atom stereocenters. The predicted molar refractivity (Wildman–Crippen MR) is 43.1 cm³/mol. The summed E-state index contributed by atoms with van der Waals surface area (Å²) in [5, 5.41) is 0.498. The van der Waals surface area contributed by atoms with Crippen LogP contribution in [0, 0.1) is 13.8 Å². The van der Waals surface area contributed by atoms with Crippen LogP contribution < -0.4 is 5.73 Å². The van der Waals surface area contributed by atoms with E-state index >= 15 is 0 Å². The Hall–Kier alpha value is -0.760. The lowest BCUT2D eigenvalue weighted by atomic mass is 10.2. The van der Waals surface area contributed by atoms with Crippen molar-refractivity contribution in [2.45, 2.75) is 13.8 Å². The van der Waals surface area contributed by atoms with E-state index < -0.39 is 0 Å². The quantitative estimate of drug-likeness (QED) is 0.583. The molecule has 10 heavy (non-hydrogen) atoms. The first kappa shape index (κ1) is 7.35. The fourth-order valence-electron chi connectivity index (χ4n) is 0.722. The number of pyridine rings is 1. The maximum atomic E-state index is 5.73. The fraction of sp³-hybridized carbons (Fsp3) is 0.286. The minimum Gasteiger partial charge on any atom is -0.384 e. The van der Waals surface area contributed by atoms with Gasteiger partial charge in [-0.3, -0.25) is 0 Å². The molecule has 0 aliphatic heterocycles. The van der Waals surface area contributed by atoms with Crippen molar-refractivity contribution in [2.24, 2.45) is 0 Å². The molecule has 0 aromatic carbocycles. The molecule has 0 saturated heterocycles. The number of aryl methyl sites for hydroxylation is 1. The zero-order valence-electron chi connectivity index (χ0n) is 5.98. The molecule has 0 aliphatic rings. The zero-order chi connectivity index (χ0) is 7.72. The summed E-state index contributed by atoms with van der Waals surface area (Å²) >= 11 is 5.73. The van der Waals surface area contributed by atoms with Gasteiger partial charge in [-0.25, -0.2) is 4.98 Å². The zero-order valence-corrected chi connectivity index (χ0v) is 6.74. The summed E-state index contributed by atoms with van der Waals surface area (Å²) < 4.78 is 0. The summed E-state index contributed by atoms with van der Waals surface area (Å²) in [7, 11) is 0. The molecule has 1 rings (SSSR count). The molecule has 2 nitrogen and oxygen atoms in total. The van der Waals surface area contributed by atoms with E-state index in [1.807, 2.05) is 13.8 Å². The second kappa shape index (κ2) is 2.46. The molecule has 1 aromatic rings. The Balaban J connectivity index is 3.31. The Bertz CT molecular complexity index is 235. The van der Waals surface area contributed by atoms with Gasteiger partial charge in [-0.1, -0.05) is 11.6 Å². The summed E-state index contributed by atoms with van der Waals surface area (Å²) in [6.07, 6.45) is 0. The number of halogens is 1. The molecule has 0 amide bonds. The van der Waals surface area contributed by atoms with E-state index in [0.717, 1.165) is 11.1 Å². The Morgan fingerprint density at radius 3 is 2.60 bits per heavy atom. The van der Waals surface area contributed by atoms with Crippen LogP contribution in [0.2, 0.25) is 5.15 Å². The smallest absolute Gasteiger partial charge is 0.134 e. The molecule has 0 fully saturated rings. The highest BCUT2D eigenvalue weighted by atomic mass is 35.5. The van der Waals surface area contributed by atoms with Gasteiger partial charge in [0.1, 0.15) is 11.0 Å². The Morgan fingerprint density at radius 2 is 2.10 bits per heavy atom. The molecule has 1 aromatic heterocycles. The number of nitrogen functional groups attached to an aromatic ring is 1. The van der Waals surface area contributed by atoms with Gasteiger partial charge < -0.3 is 5.73 Å². The first-order valence-corrected chi connectivity index (χ1v) is 3.38. The van der Waals surface area contributed by atoms with E-state index in [1.54, 1.807) is 6.07 Å². The van der Waals surface area contributed by atoms with Crippen molar-refractivity contribution in [3.05, 3.63) is 22.3 Å². The minimum absolute atomic E-state index is 0.480. The number of anilines is 1. The number of rotatable bonds is 0. The number of aromatic nitrogens is 1. The topological polar surface area (TPSA) is 38.9 Å². The normalized spacial score (nSPS) is 9.90. The number of nitrogens with two attached hydrogens (primary N) is 1. The predicted octanol–water partition coefficient (Wildman–Crippen LogP) is 1.93. The van der Waals surface area contributed by atoms with Crippen molar-refractivity contribution in [1.29, 1.82) is 0 Å². The summed E-state index contributed by atoms with van der Waals surface area (Å²) in [4.78, 5) is 3.88. The summed E-state index contributed by atoms with van der Waals surface area (Å²) in [5.41, 5.74) is 7.51. The van der Waals surface area contributed by atoms with E-state index in [0.29, 0.717) is 11.0 Å². The van der Waals surface area contributed by atoms with Gasteiger partial charge in [0, 0.05) is 0 Å². The summed E-state index contributed by atoms with van der Waals surface area (Å²) in [6, 6.07) is 1.81. The minimum atomic E-state index is 0.480. The molecular weight excluding hydrogens is 148 g/mol. The molecule has 0 bridgehead atoms. The van der Waals surface area contributed by atoms with Crippen molar-refractivity contribution >= 4 is 17.4 Å². The maximum absolute atomic E-state index is 5.73. The maximum Gasteiger partial charge on any atom is 0.134 e. The van der Waals surface area contributed by atoms with E-state index in [9.17, 15) is 0 Å². The molecule has 0 saturated carbocycles. The number of hydrogen-bond acceptors (Lipinski definition) is 2. The Labute approximate surface area is 65.0 Å². The van der Waals surface area contributed by atoms with Crippen LogP contribution in [0.5, 0.6) is 0 Å². The molecule has 0 spiro atoms. The summed E-state index contributed by atoms with van der Waals surface area (Å²) in [5.74, 6) is 0.480. The fourth-order valence-corrected chi connectivity index (χ4v) is 0.969. The molecule has 0 atom stereocenters. The molecule has 0 radical (unpaired) electrons. The van der Waals surface area contributed by atoms with Crippen molar-refractivity contribution in [3.8, 4) is 0 Å². The lowest BCUT2D eigenvalue weighted by Crippen LogP contribution is -1.93. The van der Waals surface area contributed by atoms with Gasteiger partial charge in [-0.15, -0.1) is 0 Å². The van der Waals surface area contributed by atoms with Crippen LogP contribution in [-0.4, -0.2) is 4.98 Å². The third-order valence-corrected chi connectivity index (χ3v) is 1.86. The van der Waals surface area contributed by atoms with Gasteiger partial charge >= 0.3 is 0 Å². The van der Waals surface area contributed by atoms with Gasteiger partial charge in [0.15, 0.2) is 0 Å². The molecule has 1 heterocycles. The van der Waals surface area contributed by atoms with Gasteiger partial charge in [0.05, 0.1) is 0 Å². The van der Waals surface area contributed by atoms with Crippen LogP contribution in [-0.2, 0) is 0 Å². The highest BCUT2D eigenvalue weighted by Gasteiger charge is 2.00. The van der Waals surface area contributed by atoms with E-state index in [1.165, 1.54) is 0 Å². The largest absolute Gasteiger partial charge is 0.384 e. The monoisotopic (exact) mass is 156 g/mol. The lowest BCUT2D eigenvalue weighted by Gasteiger charge is -2.01. The molecule has 54 valence electrons. The standard InChI is InChI=1S/C7H9ClN2/c1-4-3-6(9)10-7(8)5(4)2/h3H,1-2H3,(H2,9,10). The third kappa shape index (κ3) is 1.21. The highest BCUT2D eigenvalue weighted by molar-refractivity contribution is 6.30. The molecule has 2 N–H and O–H groups in total. The van der Waals surface area contributed by atoms with Gasteiger partial charge in [0.2, 0.25) is 0 Å². The second-order valence-electron chi connectivity index (χ2n) is 2.28. The Kier molecular flexibility index (Phi) is 1.81. The van der Waals surface area contributed by atoms with Gasteiger partial charge in [0.25, 0.3) is 0 Å². The van der Waals surface area contributed by atoms with Crippen LogP contribution >= 0.6 is 11.6 Å². The van der Waals surface area contributed by atoms with Crippen LogP contribution in [0.1, 0.15) is 11.1 Å². The SMILES string of the molecule is Cc1cc(N)nc(Cl)c1C. The molecule has 3 heteroatoms. The van der Waals surface area contributed by atoms with Crippen LogP contribution in [0.15, 0.2) is 6.07 Å². The van der Waals surface area contributed by atoms with Crippen molar-refractivity contribution in [3.63, 3.8) is 0 Å². The van der Waals surface area contributed by atoms with Gasteiger partial charge in [-0.2, -0.15) is 0 Å². The molecule has 0 aliphatic carbocycles. The number of hydrogen-bond donors (Lipinski definition) is 1. The van der Waals surface area contributed by atoms with Gasteiger partial charge in [-0.05, 0) is 31.0 Å². The first-order chi connectivity index (χ1) is 4.61. The van der Waals surface area contributed by atoms with Crippen LogP contribution in [0.25, 0.3) is 0 Å². The van der Waals surface area contributed by atoms with Crippen LogP contribution in [0.3, 0.4) is 0 Å². The van der Waals surface area contributed by atoms with Crippen molar-refractivity contribution in [1.82, 2.24) is 4.98 Å². The van der Waals surface area contributed by atoms with E-state index in [-0.39, 0.29) is 0 Å². The van der Waals surface area contributed by atoms with Crippen LogP contribution in [0.4, 0.5) is 5.82 Å². The van der Waals surface area contributed by atoms with E-state index in [4.69, 9.17) is 17.3 Å². The second-order valence-corrected chi connectivity index (χ2v) is 2.64. The average molecular weight is 157 g/mol. The van der Waals surface area contributed by atoms with E-state index in [2.05, 4.69) is 4.98 Å². The third-order valence-electron chi connectivity index (χ3n) is 1.49. The highest BCUT2D eigenvalue weighted by Crippen LogP contribution is 2.17. The summed E-state index contributed by atoms with van der Waals surface area (Å²) in [6.45, 7) is 3.88. The average Bonchev–Trinajstić information content (AvgIpc) is 1.82. The number of nitrogens with zero attached hydrogens (tertiary/aromatic N) is 1. The first-order valence-electron chi connectivity index (χ1n) is 3.00. The van der Waals surface area contributed by atoms with Crippen molar-refractivity contribution < 1.29 is 0 Å². The lowest BCUT2D eigenvalue weighted by molar-refractivity contribution is 1.22. The van der Waals surface area contributed by atoms with Crippen molar-refractivity contribution in [2.75, 3.05) is 5.73 Å². The molecular formula is C7H9ClN2.